The first-order valence-corrected chi connectivity index (χ1v) is 11.6. The minimum atomic E-state index is -2.85. The molecule has 0 bridgehead atoms. The number of hydrogen-bond donors (Lipinski definition) is 1. The minimum absolute atomic E-state index is 0.180. The monoisotopic (exact) mass is 389 g/mol. The first-order valence-electron chi connectivity index (χ1n) is 9.77. The van der Waals surface area contributed by atoms with Crippen LogP contribution in [-0.4, -0.2) is 57.0 Å². The molecule has 148 valence electrons. The molecule has 5 nitrogen and oxygen atoms in total. The molecule has 0 spiro atoms. The zero-order valence-corrected chi connectivity index (χ0v) is 17.3. The van der Waals surface area contributed by atoms with E-state index in [0.717, 1.165) is 37.5 Å². The highest BCUT2D eigenvalue weighted by Crippen LogP contribution is 2.29. The van der Waals surface area contributed by atoms with Crippen molar-refractivity contribution in [3.8, 4) is 0 Å². The molecule has 2 fully saturated rings. The molecule has 0 saturated carbocycles. The number of likely N-dealkylation sites (tertiary alicyclic amines) is 1. The van der Waals surface area contributed by atoms with Crippen LogP contribution < -0.4 is 5.32 Å². The molecule has 2 unspecified atom stereocenters. The molecule has 2 heterocycles. The quantitative estimate of drug-likeness (QED) is 0.478. The van der Waals surface area contributed by atoms with Gasteiger partial charge < -0.3 is 10.2 Å². The Kier molecular flexibility index (Phi) is 6.25. The highest BCUT2D eigenvalue weighted by atomic mass is 32.2. The highest BCUT2D eigenvalue weighted by molar-refractivity contribution is 7.91. The van der Waals surface area contributed by atoms with Crippen LogP contribution in [0.5, 0.6) is 0 Å². The molecule has 0 radical (unpaired) electrons. The van der Waals surface area contributed by atoms with E-state index >= 15 is 0 Å². The first kappa shape index (κ1) is 19.9. The Morgan fingerprint density at radius 2 is 2.11 bits per heavy atom. The van der Waals surface area contributed by atoms with E-state index in [1.807, 2.05) is 6.92 Å². The van der Waals surface area contributed by atoms with Gasteiger partial charge in [-0.15, -0.1) is 0 Å². The van der Waals surface area contributed by atoms with Gasteiger partial charge in [0.25, 0.3) is 0 Å². The number of hydrogen-bond acceptors (Lipinski definition) is 3. The van der Waals surface area contributed by atoms with E-state index in [1.54, 1.807) is 0 Å². The maximum absolute atomic E-state index is 11.7. The molecular weight excluding hydrogens is 358 g/mol. The fourth-order valence-corrected chi connectivity index (χ4v) is 5.86. The van der Waals surface area contributed by atoms with Gasteiger partial charge in [0.15, 0.2) is 15.8 Å². The molecule has 3 rings (SSSR count). The van der Waals surface area contributed by atoms with Crippen LogP contribution in [0.3, 0.4) is 0 Å². The Hall–Kier alpha value is -1.82. The standard InChI is InChI=1S/C21H31N3O2S/c1-16(2)12-22-21(23-13-18-9-11-27(25,26)15-18)24-10-8-19(14-24)20-7-5-4-6-17(20)3/h4-7,18-19H,1,8-15H2,2-3H3,(H,22,23). The number of benzene rings is 1. The van der Waals surface area contributed by atoms with E-state index in [0.29, 0.717) is 30.5 Å². The zero-order chi connectivity index (χ0) is 19.4. The lowest BCUT2D eigenvalue weighted by Gasteiger charge is -2.24. The Balaban J connectivity index is 1.66. The summed E-state index contributed by atoms with van der Waals surface area (Å²) in [5, 5.41) is 3.45. The second-order valence-corrected chi connectivity index (χ2v) is 10.3. The summed E-state index contributed by atoms with van der Waals surface area (Å²) in [4.78, 5) is 7.04. The molecule has 1 aromatic carbocycles. The average Bonchev–Trinajstić information content (AvgIpc) is 3.22. The van der Waals surface area contributed by atoms with E-state index in [1.165, 1.54) is 11.1 Å². The van der Waals surface area contributed by atoms with Crippen molar-refractivity contribution in [3.05, 3.63) is 47.5 Å². The summed E-state index contributed by atoms with van der Waals surface area (Å²) in [6.07, 6.45) is 1.85. The smallest absolute Gasteiger partial charge is 0.194 e. The SMILES string of the molecule is C=C(C)CN=C(NCC1CCS(=O)(=O)C1)N1CCC(c2ccccc2C)C1. The fourth-order valence-electron chi connectivity index (χ4n) is 4.00. The predicted octanol–water partition coefficient (Wildman–Crippen LogP) is 2.74. The normalized spacial score (nSPS) is 25.0. The fraction of sp³-hybridized carbons (Fsp3) is 0.571. The summed E-state index contributed by atoms with van der Waals surface area (Å²) >= 11 is 0. The maximum atomic E-state index is 11.7. The predicted molar refractivity (Wildman–Crippen MR) is 112 cm³/mol. The van der Waals surface area contributed by atoms with Gasteiger partial charge >= 0.3 is 0 Å². The summed E-state index contributed by atoms with van der Waals surface area (Å²) in [5.41, 5.74) is 3.78. The third-order valence-electron chi connectivity index (χ3n) is 5.49. The molecular formula is C21H31N3O2S. The summed E-state index contributed by atoms with van der Waals surface area (Å²) in [7, 11) is -2.85. The molecule has 2 aliphatic rings. The summed E-state index contributed by atoms with van der Waals surface area (Å²) in [6, 6.07) is 8.60. The maximum Gasteiger partial charge on any atom is 0.194 e. The number of nitrogens with zero attached hydrogens (tertiary/aromatic N) is 2. The third-order valence-corrected chi connectivity index (χ3v) is 7.33. The number of nitrogens with one attached hydrogen (secondary N) is 1. The molecule has 0 aliphatic carbocycles. The van der Waals surface area contributed by atoms with Crippen molar-refractivity contribution in [2.75, 3.05) is 37.7 Å². The van der Waals surface area contributed by atoms with E-state index in [9.17, 15) is 8.42 Å². The molecule has 1 aromatic rings. The van der Waals surface area contributed by atoms with Gasteiger partial charge in [0.1, 0.15) is 0 Å². The van der Waals surface area contributed by atoms with Crippen LogP contribution in [-0.2, 0) is 9.84 Å². The van der Waals surface area contributed by atoms with Crippen LogP contribution in [0, 0.1) is 12.8 Å². The van der Waals surface area contributed by atoms with Crippen molar-refractivity contribution in [3.63, 3.8) is 0 Å². The van der Waals surface area contributed by atoms with Crippen molar-refractivity contribution in [1.82, 2.24) is 10.2 Å². The lowest BCUT2D eigenvalue weighted by molar-refractivity contribution is 0.470. The molecule has 2 aliphatic heterocycles. The van der Waals surface area contributed by atoms with E-state index < -0.39 is 9.84 Å². The van der Waals surface area contributed by atoms with Crippen LogP contribution >= 0.6 is 0 Å². The summed E-state index contributed by atoms with van der Waals surface area (Å²) < 4.78 is 23.4. The molecule has 27 heavy (non-hydrogen) atoms. The lowest BCUT2D eigenvalue weighted by Crippen LogP contribution is -2.42. The van der Waals surface area contributed by atoms with Gasteiger partial charge in [-0.1, -0.05) is 36.4 Å². The molecule has 2 saturated heterocycles. The Bertz CT molecular complexity index is 816. The molecule has 0 aromatic heterocycles. The van der Waals surface area contributed by atoms with Crippen LogP contribution in [0.1, 0.15) is 36.8 Å². The Labute approximate surface area is 163 Å². The first-order chi connectivity index (χ1) is 12.8. The van der Waals surface area contributed by atoms with Crippen LogP contribution in [0.4, 0.5) is 0 Å². The van der Waals surface area contributed by atoms with Crippen LogP contribution in [0.2, 0.25) is 0 Å². The van der Waals surface area contributed by atoms with E-state index in [2.05, 4.69) is 48.0 Å². The van der Waals surface area contributed by atoms with Crippen molar-refractivity contribution in [2.24, 2.45) is 10.9 Å². The summed E-state index contributed by atoms with van der Waals surface area (Å²) in [5.74, 6) is 2.18. The van der Waals surface area contributed by atoms with E-state index in [4.69, 9.17) is 4.99 Å². The van der Waals surface area contributed by atoms with Crippen molar-refractivity contribution in [1.29, 1.82) is 0 Å². The average molecular weight is 390 g/mol. The molecule has 6 heteroatoms. The van der Waals surface area contributed by atoms with Crippen molar-refractivity contribution < 1.29 is 8.42 Å². The zero-order valence-electron chi connectivity index (χ0n) is 16.4. The topological polar surface area (TPSA) is 61.8 Å². The lowest BCUT2D eigenvalue weighted by atomic mass is 9.94. The molecule has 1 N–H and O–H groups in total. The second kappa shape index (κ2) is 8.46. The van der Waals surface area contributed by atoms with Crippen molar-refractivity contribution in [2.45, 2.75) is 32.6 Å². The van der Waals surface area contributed by atoms with Gasteiger partial charge in [-0.05, 0) is 43.7 Å². The third kappa shape index (κ3) is 5.34. The number of aliphatic imine (C=N–C) groups is 1. The number of rotatable bonds is 5. The van der Waals surface area contributed by atoms with Crippen molar-refractivity contribution >= 4 is 15.8 Å². The van der Waals surface area contributed by atoms with E-state index in [-0.39, 0.29) is 5.92 Å². The minimum Gasteiger partial charge on any atom is -0.356 e. The summed E-state index contributed by atoms with van der Waals surface area (Å²) in [6.45, 7) is 11.3. The van der Waals surface area contributed by atoms with Gasteiger partial charge in [-0.3, -0.25) is 0 Å². The largest absolute Gasteiger partial charge is 0.356 e. The molecule has 0 amide bonds. The van der Waals surface area contributed by atoms with Crippen LogP contribution in [0.15, 0.2) is 41.4 Å². The van der Waals surface area contributed by atoms with Gasteiger partial charge in [0.05, 0.1) is 18.1 Å². The van der Waals surface area contributed by atoms with Gasteiger partial charge in [-0.25, -0.2) is 13.4 Å². The second-order valence-electron chi connectivity index (χ2n) is 8.04. The highest BCUT2D eigenvalue weighted by Gasteiger charge is 2.30. The van der Waals surface area contributed by atoms with Gasteiger partial charge in [0.2, 0.25) is 0 Å². The van der Waals surface area contributed by atoms with Gasteiger partial charge in [-0.2, -0.15) is 0 Å². The number of guanidine groups is 1. The Morgan fingerprint density at radius 3 is 2.78 bits per heavy atom. The number of sulfone groups is 1. The number of aryl methyl sites for hydroxylation is 1. The van der Waals surface area contributed by atoms with Gasteiger partial charge in [0, 0.05) is 25.6 Å². The Morgan fingerprint density at radius 1 is 1.33 bits per heavy atom. The molecule has 2 atom stereocenters. The van der Waals surface area contributed by atoms with Crippen LogP contribution in [0.25, 0.3) is 0 Å².